The molecule has 0 spiro atoms. The number of ether oxygens (including phenoxy) is 2. The minimum Gasteiger partial charge on any atom is -0.463 e. The predicted octanol–water partition coefficient (Wildman–Crippen LogP) is 1.46. The second-order valence-electron chi connectivity index (χ2n) is 5.44. The van der Waals surface area contributed by atoms with Gasteiger partial charge in [0.2, 0.25) is 11.9 Å². The zero-order chi connectivity index (χ0) is 14.7. The molecule has 0 bridgehead atoms. The molecular formula is C14H23N5O2. The molecule has 1 saturated heterocycles. The largest absolute Gasteiger partial charge is 0.463 e. The SMILES string of the molecule is CCCOc1nc(NC)nc(N2CCOC3CCCC32)n1. The van der Waals surface area contributed by atoms with Gasteiger partial charge in [0.25, 0.3) is 0 Å². The van der Waals surface area contributed by atoms with Crippen LogP contribution in [0.25, 0.3) is 0 Å². The molecule has 1 aromatic rings. The molecule has 0 aromatic carbocycles. The van der Waals surface area contributed by atoms with E-state index in [4.69, 9.17) is 9.47 Å². The summed E-state index contributed by atoms with van der Waals surface area (Å²) in [6.07, 6.45) is 4.71. The summed E-state index contributed by atoms with van der Waals surface area (Å²) in [6, 6.07) is 0.775. The lowest BCUT2D eigenvalue weighted by atomic mass is 10.1. The van der Waals surface area contributed by atoms with Crippen molar-refractivity contribution >= 4 is 11.9 Å². The van der Waals surface area contributed by atoms with Crippen LogP contribution in [0.5, 0.6) is 6.01 Å². The number of nitrogens with zero attached hydrogens (tertiary/aromatic N) is 4. The van der Waals surface area contributed by atoms with Gasteiger partial charge >= 0.3 is 6.01 Å². The number of rotatable bonds is 5. The van der Waals surface area contributed by atoms with Gasteiger partial charge in [-0.05, 0) is 25.7 Å². The van der Waals surface area contributed by atoms with Crippen LogP contribution in [0.4, 0.5) is 11.9 Å². The van der Waals surface area contributed by atoms with Gasteiger partial charge in [0.05, 0.1) is 25.4 Å². The molecule has 0 radical (unpaired) electrons. The monoisotopic (exact) mass is 293 g/mol. The van der Waals surface area contributed by atoms with Crippen LogP contribution in [0.3, 0.4) is 0 Å². The van der Waals surface area contributed by atoms with Crippen molar-refractivity contribution in [1.82, 2.24) is 15.0 Å². The topological polar surface area (TPSA) is 72.4 Å². The van der Waals surface area contributed by atoms with Crippen molar-refractivity contribution in [3.05, 3.63) is 0 Å². The Morgan fingerprint density at radius 3 is 3.05 bits per heavy atom. The Bertz CT molecular complexity index is 484. The van der Waals surface area contributed by atoms with Crippen LogP contribution in [-0.2, 0) is 4.74 Å². The molecule has 3 rings (SSSR count). The highest BCUT2D eigenvalue weighted by Crippen LogP contribution is 2.32. The fourth-order valence-electron chi connectivity index (χ4n) is 3.02. The van der Waals surface area contributed by atoms with Crippen LogP contribution in [0.15, 0.2) is 0 Å². The lowest BCUT2D eigenvalue weighted by Gasteiger charge is -2.37. The summed E-state index contributed by atoms with van der Waals surface area (Å²) in [5.74, 6) is 1.24. The van der Waals surface area contributed by atoms with Gasteiger partial charge in [-0.2, -0.15) is 15.0 Å². The quantitative estimate of drug-likeness (QED) is 0.881. The number of hydrogen-bond donors (Lipinski definition) is 1. The summed E-state index contributed by atoms with van der Waals surface area (Å²) in [5, 5.41) is 2.98. The third-order valence-electron chi connectivity index (χ3n) is 4.00. The number of nitrogens with one attached hydrogen (secondary N) is 1. The summed E-state index contributed by atoms with van der Waals surface area (Å²) in [6.45, 7) is 4.22. The molecule has 7 heteroatoms. The van der Waals surface area contributed by atoms with E-state index in [2.05, 4.69) is 32.1 Å². The Kier molecular flexibility index (Phi) is 4.38. The first kappa shape index (κ1) is 14.3. The Labute approximate surface area is 125 Å². The zero-order valence-electron chi connectivity index (χ0n) is 12.7. The van der Waals surface area contributed by atoms with Gasteiger partial charge < -0.3 is 19.7 Å². The Morgan fingerprint density at radius 1 is 1.33 bits per heavy atom. The van der Waals surface area contributed by atoms with E-state index < -0.39 is 0 Å². The average molecular weight is 293 g/mol. The van der Waals surface area contributed by atoms with E-state index in [1.54, 1.807) is 7.05 Å². The molecule has 2 unspecified atom stereocenters. The standard InChI is InChI=1S/C14H23N5O2/c1-3-8-21-14-17-12(15-2)16-13(18-14)19-7-9-20-11-6-4-5-10(11)19/h10-11H,3-9H2,1-2H3,(H,15,16,17,18). The van der Waals surface area contributed by atoms with Crippen molar-refractivity contribution in [2.45, 2.75) is 44.8 Å². The maximum atomic E-state index is 5.85. The predicted molar refractivity (Wildman–Crippen MR) is 79.9 cm³/mol. The maximum Gasteiger partial charge on any atom is 0.323 e. The third-order valence-corrected chi connectivity index (χ3v) is 4.00. The lowest BCUT2D eigenvalue weighted by Crippen LogP contribution is -2.49. The number of morpholine rings is 1. The third kappa shape index (κ3) is 3.02. The lowest BCUT2D eigenvalue weighted by molar-refractivity contribution is 0.0249. The normalized spacial score (nSPS) is 24.8. The minimum atomic E-state index is 0.313. The Balaban J connectivity index is 1.85. The van der Waals surface area contributed by atoms with Crippen LogP contribution >= 0.6 is 0 Å². The van der Waals surface area contributed by atoms with E-state index in [0.717, 1.165) is 32.4 Å². The van der Waals surface area contributed by atoms with E-state index in [1.807, 2.05) is 0 Å². The van der Waals surface area contributed by atoms with Crippen LogP contribution in [0.1, 0.15) is 32.6 Å². The molecule has 1 aromatic heterocycles. The van der Waals surface area contributed by atoms with Gasteiger partial charge in [-0.25, -0.2) is 0 Å². The highest BCUT2D eigenvalue weighted by Gasteiger charge is 2.37. The van der Waals surface area contributed by atoms with Crippen LogP contribution in [-0.4, -0.2) is 53.9 Å². The second kappa shape index (κ2) is 6.43. The molecule has 2 atom stereocenters. The van der Waals surface area contributed by atoms with E-state index in [9.17, 15) is 0 Å². The fraction of sp³-hybridized carbons (Fsp3) is 0.786. The summed E-state index contributed by atoms with van der Waals surface area (Å²) >= 11 is 0. The molecule has 2 heterocycles. The van der Waals surface area contributed by atoms with Gasteiger partial charge in [-0.15, -0.1) is 0 Å². The first-order valence-electron chi connectivity index (χ1n) is 7.76. The molecule has 2 aliphatic rings. The van der Waals surface area contributed by atoms with Crippen molar-refractivity contribution in [3.8, 4) is 6.01 Å². The van der Waals surface area contributed by atoms with Crippen molar-refractivity contribution in [2.24, 2.45) is 0 Å². The average Bonchev–Trinajstić information content (AvgIpc) is 3.01. The molecule has 2 fully saturated rings. The number of hydrogen-bond acceptors (Lipinski definition) is 7. The molecular weight excluding hydrogens is 270 g/mol. The van der Waals surface area contributed by atoms with E-state index in [-0.39, 0.29) is 0 Å². The van der Waals surface area contributed by atoms with E-state index in [1.165, 1.54) is 6.42 Å². The fourth-order valence-corrected chi connectivity index (χ4v) is 3.02. The highest BCUT2D eigenvalue weighted by molar-refractivity contribution is 5.40. The molecule has 0 amide bonds. The van der Waals surface area contributed by atoms with Crippen LogP contribution < -0.4 is 15.0 Å². The minimum absolute atomic E-state index is 0.313. The van der Waals surface area contributed by atoms with Crippen LogP contribution in [0, 0.1) is 0 Å². The maximum absolute atomic E-state index is 5.85. The number of fused-ring (bicyclic) bond motifs is 1. The Morgan fingerprint density at radius 2 is 2.24 bits per heavy atom. The van der Waals surface area contributed by atoms with Gasteiger partial charge in [0.15, 0.2) is 0 Å². The molecule has 7 nitrogen and oxygen atoms in total. The Hall–Kier alpha value is -1.63. The van der Waals surface area contributed by atoms with Crippen molar-refractivity contribution in [3.63, 3.8) is 0 Å². The summed E-state index contributed by atoms with van der Waals surface area (Å²) in [5.41, 5.74) is 0. The molecule has 1 N–H and O–H groups in total. The molecule has 1 saturated carbocycles. The smallest absolute Gasteiger partial charge is 0.323 e. The van der Waals surface area contributed by atoms with E-state index in [0.29, 0.717) is 36.7 Å². The van der Waals surface area contributed by atoms with Crippen molar-refractivity contribution in [1.29, 1.82) is 0 Å². The molecule has 1 aliphatic heterocycles. The van der Waals surface area contributed by atoms with Crippen molar-refractivity contribution < 1.29 is 9.47 Å². The van der Waals surface area contributed by atoms with Gasteiger partial charge in [-0.1, -0.05) is 6.92 Å². The summed E-state index contributed by atoms with van der Waals surface area (Å²) in [4.78, 5) is 15.5. The second-order valence-corrected chi connectivity index (χ2v) is 5.44. The highest BCUT2D eigenvalue weighted by atomic mass is 16.5. The first-order chi connectivity index (χ1) is 10.3. The summed E-state index contributed by atoms with van der Waals surface area (Å²) < 4.78 is 11.4. The van der Waals surface area contributed by atoms with Crippen LogP contribution in [0.2, 0.25) is 0 Å². The molecule has 116 valence electrons. The molecule has 21 heavy (non-hydrogen) atoms. The number of aromatic nitrogens is 3. The van der Waals surface area contributed by atoms with E-state index >= 15 is 0 Å². The summed E-state index contributed by atoms with van der Waals surface area (Å²) in [7, 11) is 1.81. The van der Waals surface area contributed by atoms with Gasteiger partial charge in [0.1, 0.15) is 0 Å². The number of anilines is 2. The first-order valence-corrected chi connectivity index (χ1v) is 7.76. The van der Waals surface area contributed by atoms with Crippen molar-refractivity contribution in [2.75, 3.05) is 37.0 Å². The zero-order valence-corrected chi connectivity index (χ0v) is 12.7. The molecule has 1 aliphatic carbocycles. The van der Waals surface area contributed by atoms with Gasteiger partial charge in [0, 0.05) is 13.6 Å². The van der Waals surface area contributed by atoms with Gasteiger partial charge in [-0.3, -0.25) is 0 Å².